The van der Waals surface area contributed by atoms with Crippen LogP contribution in [-0.4, -0.2) is 23.0 Å². The van der Waals surface area contributed by atoms with Crippen LogP contribution in [0.5, 0.6) is 0 Å². The number of nitrogens with one attached hydrogen (secondary N) is 2. The lowest BCUT2D eigenvalue weighted by Gasteiger charge is -2.19. The van der Waals surface area contributed by atoms with Crippen molar-refractivity contribution in [1.29, 1.82) is 5.41 Å². The summed E-state index contributed by atoms with van der Waals surface area (Å²) in [5.74, 6) is 0.868. The van der Waals surface area contributed by atoms with Crippen LogP contribution in [0.4, 0.5) is 0 Å². The maximum atomic E-state index is 6.94. The molecule has 0 amide bonds. The van der Waals surface area contributed by atoms with Gasteiger partial charge in [0.25, 0.3) is 0 Å². The van der Waals surface area contributed by atoms with Gasteiger partial charge in [-0.2, -0.15) is 0 Å². The van der Waals surface area contributed by atoms with Gasteiger partial charge in [-0.25, -0.2) is 0 Å². The molecule has 0 fully saturated rings. The van der Waals surface area contributed by atoms with Crippen LogP contribution < -0.4 is 11.1 Å². The molecule has 0 spiro atoms. The summed E-state index contributed by atoms with van der Waals surface area (Å²) in [6.07, 6.45) is 0. The van der Waals surface area contributed by atoms with E-state index in [0.717, 1.165) is 12.3 Å². The Balaban J connectivity index is 3.22. The average molecular weight is 175 g/mol. The Morgan fingerprint density at radius 2 is 2.09 bits per heavy atom. The van der Waals surface area contributed by atoms with Gasteiger partial charge in [0.15, 0.2) is 5.17 Å². The van der Waals surface area contributed by atoms with E-state index in [1.807, 2.05) is 0 Å². The summed E-state index contributed by atoms with van der Waals surface area (Å²) in [6.45, 7) is 7.25. The first-order chi connectivity index (χ1) is 4.92. The van der Waals surface area contributed by atoms with Crippen molar-refractivity contribution in [3.63, 3.8) is 0 Å². The summed E-state index contributed by atoms with van der Waals surface area (Å²) in [6, 6.07) is 0. The van der Waals surface area contributed by atoms with Crippen LogP contribution >= 0.6 is 11.8 Å². The van der Waals surface area contributed by atoms with Gasteiger partial charge < -0.3 is 11.1 Å². The third-order valence-corrected chi connectivity index (χ3v) is 1.73. The predicted molar refractivity (Wildman–Crippen MR) is 52.1 cm³/mol. The van der Waals surface area contributed by atoms with Gasteiger partial charge in [-0.05, 0) is 20.8 Å². The molecule has 0 rings (SSSR count). The van der Waals surface area contributed by atoms with Gasteiger partial charge in [0, 0.05) is 17.8 Å². The van der Waals surface area contributed by atoms with Gasteiger partial charge in [-0.3, -0.25) is 5.41 Å². The lowest BCUT2D eigenvalue weighted by Crippen LogP contribution is -2.37. The van der Waals surface area contributed by atoms with Gasteiger partial charge in [0.05, 0.1) is 0 Å². The van der Waals surface area contributed by atoms with Crippen LogP contribution in [0.1, 0.15) is 20.8 Å². The predicted octanol–water partition coefficient (Wildman–Crippen LogP) is 1.00. The number of nitrogens with two attached hydrogens (primary N) is 1. The molecule has 0 aliphatic rings. The lowest BCUT2D eigenvalue weighted by molar-refractivity contribution is 0.441. The second-order valence-corrected chi connectivity index (χ2v) is 4.53. The molecule has 0 heterocycles. The fraction of sp³-hybridized carbons (Fsp3) is 0.857. The monoisotopic (exact) mass is 175 g/mol. The van der Waals surface area contributed by atoms with Gasteiger partial charge in [-0.1, -0.05) is 11.8 Å². The zero-order valence-corrected chi connectivity index (χ0v) is 8.22. The van der Waals surface area contributed by atoms with Crippen molar-refractivity contribution in [2.75, 3.05) is 12.3 Å². The summed E-state index contributed by atoms with van der Waals surface area (Å²) in [5.41, 5.74) is 5.32. The van der Waals surface area contributed by atoms with E-state index in [1.165, 1.54) is 11.8 Å². The van der Waals surface area contributed by atoms with Crippen LogP contribution in [0.2, 0.25) is 0 Å². The Kier molecular flexibility index (Phi) is 4.52. The summed E-state index contributed by atoms with van der Waals surface area (Å²) < 4.78 is 0. The summed E-state index contributed by atoms with van der Waals surface area (Å²) in [7, 11) is 0. The highest BCUT2D eigenvalue weighted by Gasteiger charge is 2.06. The smallest absolute Gasteiger partial charge is 0.151 e. The average Bonchev–Trinajstić information content (AvgIpc) is 1.78. The molecular formula is C7H17N3S. The minimum absolute atomic E-state index is 0.164. The fourth-order valence-corrected chi connectivity index (χ4v) is 1.01. The number of rotatable bonds is 3. The zero-order chi connectivity index (χ0) is 8.91. The maximum absolute atomic E-state index is 6.94. The highest BCUT2D eigenvalue weighted by molar-refractivity contribution is 8.13. The quantitative estimate of drug-likeness (QED) is 0.341. The van der Waals surface area contributed by atoms with Gasteiger partial charge in [0.1, 0.15) is 0 Å². The largest absolute Gasteiger partial charge is 0.379 e. The van der Waals surface area contributed by atoms with E-state index in [1.54, 1.807) is 0 Å². The van der Waals surface area contributed by atoms with Gasteiger partial charge in [-0.15, -0.1) is 0 Å². The molecule has 0 aliphatic heterocycles. The van der Waals surface area contributed by atoms with E-state index in [0.29, 0.717) is 0 Å². The first kappa shape index (κ1) is 10.8. The summed E-state index contributed by atoms with van der Waals surface area (Å²) in [4.78, 5) is 0. The van der Waals surface area contributed by atoms with Crippen molar-refractivity contribution in [3.8, 4) is 0 Å². The number of hydrogen-bond donors (Lipinski definition) is 3. The molecule has 0 saturated heterocycles. The Labute approximate surface area is 72.6 Å². The van der Waals surface area contributed by atoms with E-state index in [9.17, 15) is 0 Å². The van der Waals surface area contributed by atoms with Crippen LogP contribution in [0.25, 0.3) is 0 Å². The lowest BCUT2D eigenvalue weighted by atomic mass is 10.1. The van der Waals surface area contributed by atoms with Gasteiger partial charge in [0.2, 0.25) is 0 Å². The Morgan fingerprint density at radius 1 is 1.55 bits per heavy atom. The zero-order valence-electron chi connectivity index (χ0n) is 7.40. The molecule has 0 aliphatic carbocycles. The number of hydrogen-bond acceptors (Lipinski definition) is 3. The first-order valence-corrected chi connectivity index (χ1v) is 4.62. The molecule has 0 radical (unpaired) electrons. The second kappa shape index (κ2) is 4.62. The highest BCUT2D eigenvalue weighted by Crippen LogP contribution is 2.00. The third kappa shape index (κ3) is 9.78. The van der Waals surface area contributed by atoms with Crippen molar-refractivity contribution in [3.05, 3.63) is 0 Å². The Hall–Kier alpha value is -0.220. The van der Waals surface area contributed by atoms with E-state index in [4.69, 9.17) is 11.1 Å². The molecule has 0 aromatic heterocycles. The molecule has 0 atom stereocenters. The molecular weight excluding hydrogens is 158 g/mol. The fourth-order valence-electron chi connectivity index (χ4n) is 0.587. The molecule has 4 heteroatoms. The Morgan fingerprint density at radius 3 is 2.45 bits per heavy atom. The molecule has 0 aromatic rings. The highest BCUT2D eigenvalue weighted by atomic mass is 32.2. The topological polar surface area (TPSA) is 61.9 Å². The van der Waals surface area contributed by atoms with Crippen LogP contribution in [0.15, 0.2) is 0 Å². The minimum Gasteiger partial charge on any atom is -0.379 e. The molecule has 4 N–H and O–H groups in total. The van der Waals surface area contributed by atoms with E-state index in [-0.39, 0.29) is 10.7 Å². The SMILES string of the molecule is CC(C)(C)NCCSC(=N)N. The van der Waals surface area contributed by atoms with E-state index in [2.05, 4.69) is 26.1 Å². The van der Waals surface area contributed by atoms with Crippen LogP contribution in [-0.2, 0) is 0 Å². The van der Waals surface area contributed by atoms with Crippen LogP contribution in [0, 0.1) is 5.41 Å². The Bertz CT molecular complexity index is 128. The first-order valence-electron chi connectivity index (χ1n) is 3.64. The molecule has 0 saturated carbocycles. The number of amidine groups is 1. The van der Waals surface area contributed by atoms with Crippen molar-refractivity contribution < 1.29 is 0 Å². The standard InChI is InChI=1S/C7H17N3S/c1-7(2,3)10-4-5-11-6(8)9/h10H,4-5H2,1-3H3,(H3,8,9). The minimum atomic E-state index is 0.164. The van der Waals surface area contributed by atoms with Crippen molar-refractivity contribution >= 4 is 16.9 Å². The summed E-state index contributed by atoms with van der Waals surface area (Å²) >= 11 is 1.37. The van der Waals surface area contributed by atoms with Crippen LogP contribution in [0.3, 0.4) is 0 Å². The van der Waals surface area contributed by atoms with E-state index >= 15 is 0 Å². The van der Waals surface area contributed by atoms with Crippen molar-refractivity contribution in [1.82, 2.24) is 5.32 Å². The number of thioether (sulfide) groups is 1. The molecule has 66 valence electrons. The van der Waals surface area contributed by atoms with Crippen molar-refractivity contribution in [2.24, 2.45) is 5.73 Å². The third-order valence-electron chi connectivity index (χ3n) is 1.01. The molecule has 11 heavy (non-hydrogen) atoms. The molecule has 0 unspecified atom stereocenters. The molecule has 0 aromatic carbocycles. The second-order valence-electron chi connectivity index (χ2n) is 3.39. The maximum Gasteiger partial charge on any atom is 0.151 e. The molecule has 3 nitrogen and oxygen atoms in total. The normalized spacial score (nSPS) is 11.5. The molecule has 0 bridgehead atoms. The van der Waals surface area contributed by atoms with Gasteiger partial charge >= 0.3 is 0 Å². The van der Waals surface area contributed by atoms with Crippen molar-refractivity contribution in [2.45, 2.75) is 26.3 Å². The van der Waals surface area contributed by atoms with E-state index < -0.39 is 0 Å². The summed E-state index contributed by atoms with van der Waals surface area (Å²) in [5, 5.41) is 10.4.